The predicted molar refractivity (Wildman–Crippen MR) is 155 cm³/mol. The first-order chi connectivity index (χ1) is 20.6. The van der Waals surface area contributed by atoms with Crippen LogP contribution in [-0.2, 0) is 27.3 Å². The van der Waals surface area contributed by atoms with Crippen LogP contribution in [0.1, 0.15) is 71.7 Å². The molecule has 3 fully saturated rings. The van der Waals surface area contributed by atoms with Crippen LogP contribution < -0.4 is 10.9 Å². The van der Waals surface area contributed by atoms with Gasteiger partial charge in [-0.15, -0.1) is 0 Å². The summed E-state index contributed by atoms with van der Waals surface area (Å²) in [5, 5.41) is 34.1. The molecule has 5 heterocycles. The molecule has 0 radical (unpaired) electrons. The maximum atomic E-state index is 13.4. The Morgan fingerprint density at radius 2 is 1.77 bits per heavy atom. The van der Waals surface area contributed by atoms with Crippen molar-refractivity contribution in [3.63, 3.8) is 0 Å². The molecule has 226 valence electrons. The number of nitrogens with zero attached hydrogens (tertiary/aromatic N) is 2. The lowest BCUT2D eigenvalue weighted by Gasteiger charge is -2.38. The highest BCUT2D eigenvalue weighted by atomic mass is 16.5. The van der Waals surface area contributed by atoms with Crippen molar-refractivity contribution >= 4 is 28.5 Å². The molecule has 43 heavy (non-hydrogen) atoms. The number of ketones is 1. The van der Waals surface area contributed by atoms with E-state index in [1.54, 1.807) is 0 Å². The van der Waals surface area contributed by atoms with Gasteiger partial charge in [0.15, 0.2) is 5.76 Å². The van der Waals surface area contributed by atoms with Gasteiger partial charge in [-0.05, 0) is 43.2 Å². The van der Waals surface area contributed by atoms with Crippen molar-refractivity contribution in [2.75, 3.05) is 19.7 Å². The fourth-order valence-corrected chi connectivity index (χ4v) is 6.65. The zero-order valence-electron chi connectivity index (χ0n) is 23.6. The molecule has 0 saturated carbocycles. The summed E-state index contributed by atoms with van der Waals surface area (Å²) in [5.41, 5.74) is 0.394. The third kappa shape index (κ3) is 5.21. The SMILES string of the molecule is C=C(O)C(=O)c1c(O)n(C2CCC(=O)NC2=O)c2c(=O)[nH]c(Cc3ccc(CN4CCC5(CCCO5)CC4)cc3)c(O)c12. The number of carbonyl (C=O) groups is 3. The number of benzene rings is 1. The third-order valence-corrected chi connectivity index (χ3v) is 8.95. The van der Waals surface area contributed by atoms with Gasteiger partial charge in [0.1, 0.15) is 17.3 Å². The molecule has 0 aliphatic carbocycles. The quantitative estimate of drug-likeness (QED) is 0.120. The van der Waals surface area contributed by atoms with Gasteiger partial charge in [0.25, 0.3) is 5.56 Å². The van der Waals surface area contributed by atoms with Crippen molar-refractivity contribution < 1.29 is 34.4 Å². The number of nitrogens with one attached hydrogen (secondary N) is 2. The molecule has 6 rings (SSSR count). The number of imide groups is 1. The van der Waals surface area contributed by atoms with Crippen LogP contribution in [-0.4, -0.2) is 72.7 Å². The topological polar surface area (TPSA) is 174 Å². The number of aliphatic hydroxyl groups excluding tert-OH is 1. The number of aromatic nitrogens is 2. The summed E-state index contributed by atoms with van der Waals surface area (Å²) < 4.78 is 6.95. The Kier molecular flexibility index (Phi) is 7.35. The summed E-state index contributed by atoms with van der Waals surface area (Å²) in [4.78, 5) is 55.7. The number of likely N-dealkylation sites (tertiary alicyclic amines) is 1. The number of aromatic amines is 1. The zero-order chi connectivity index (χ0) is 30.5. The lowest BCUT2D eigenvalue weighted by atomic mass is 9.88. The molecule has 1 spiro atoms. The highest BCUT2D eigenvalue weighted by Crippen LogP contribution is 2.41. The number of H-pyrrole nitrogens is 1. The Balaban J connectivity index is 1.28. The number of carbonyl (C=O) groups excluding carboxylic acids is 3. The van der Waals surface area contributed by atoms with Crippen LogP contribution in [0.4, 0.5) is 0 Å². The Labute approximate surface area is 246 Å². The van der Waals surface area contributed by atoms with E-state index in [2.05, 4.69) is 21.8 Å². The zero-order valence-corrected chi connectivity index (χ0v) is 23.6. The van der Waals surface area contributed by atoms with Gasteiger partial charge >= 0.3 is 0 Å². The molecular formula is C31H34N4O8. The lowest BCUT2D eigenvalue weighted by molar-refractivity contribution is -0.135. The van der Waals surface area contributed by atoms with E-state index >= 15 is 0 Å². The van der Waals surface area contributed by atoms with Gasteiger partial charge in [-0.2, -0.15) is 0 Å². The van der Waals surface area contributed by atoms with Crippen LogP contribution in [0.5, 0.6) is 11.6 Å². The van der Waals surface area contributed by atoms with Crippen LogP contribution in [0.25, 0.3) is 10.9 Å². The normalized spacial score (nSPS) is 20.5. The minimum absolute atomic E-state index is 0.0455. The van der Waals surface area contributed by atoms with E-state index in [-0.39, 0.29) is 41.5 Å². The summed E-state index contributed by atoms with van der Waals surface area (Å²) in [6, 6.07) is 6.58. The second-order valence-electron chi connectivity index (χ2n) is 11.7. The van der Waals surface area contributed by atoms with Gasteiger partial charge in [0.05, 0.1) is 22.2 Å². The summed E-state index contributed by atoms with van der Waals surface area (Å²) in [7, 11) is 0. The van der Waals surface area contributed by atoms with E-state index in [9.17, 15) is 34.5 Å². The number of hydrogen-bond acceptors (Lipinski definition) is 9. The molecule has 12 heteroatoms. The number of allylic oxidation sites excluding steroid dienone is 1. The maximum Gasteiger partial charge on any atom is 0.273 e. The first kappa shape index (κ1) is 28.7. The number of aliphatic hydroxyl groups is 1. The monoisotopic (exact) mass is 590 g/mol. The van der Waals surface area contributed by atoms with Crippen molar-refractivity contribution in [1.82, 2.24) is 19.8 Å². The molecule has 2 amide bonds. The minimum Gasteiger partial charge on any atom is -0.505 e. The fourth-order valence-electron chi connectivity index (χ4n) is 6.65. The largest absolute Gasteiger partial charge is 0.505 e. The molecule has 1 atom stereocenters. The van der Waals surface area contributed by atoms with Crippen LogP contribution >= 0.6 is 0 Å². The standard InChI is InChI=1S/C31H34N4O8/c1-17(36)26(38)24-23-25(35(30(24)42)21-7-8-22(37)33-28(21)40)29(41)32-20(27(23)39)15-18-3-5-19(6-4-18)16-34-12-10-31(11-13-34)9-2-14-43-31/h3-6,21,36,39,42H,1-2,7-16H2,(H,32,41)(H,33,37,40). The van der Waals surface area contributed by atoms with E-state index in [0.717, 1.165) is 67.6 Å². The van der Waals surface area contributed by atoms with E-state index in [1.165, 1.54) is 0 Å². The van der Waals surface area contributed by atoms with E-state index in [0.29, 0.717) is 0 Å². The van der Waals surface area contributed by atoms with Crippen LogP contribution in [0.3, 0.4) is 0 Å². The second kappa shape index (κ2) is 11.0. The van der Waals surface area contributed by atoms with E-state index in [1.807, 2.05) is 24.3 Å². The smallest absolute Gasteiger partial charge is 0.273 e. The molecule has 12 nitrogen and oxygen atoms in total. The van der Waals surface area contributed by atoms with Crippen molar-refractivity contribution in [3.05, 3.63) is 69.3 Å². The summed E-state index contributed by atoms with van der Waals surface area (Å²) in [6.45, 7) is 6.83. The van der Waals surface area contributed by atoms with Gasteiger partial charge in [0, 0.05) is 39.1 Å². The number of aromatic hydroxyl groups is 2. The highest BCUT2D eigenvalue weighted by molar-refractivity contribution is 6.18. The fraction of sp³-hybridized carbons (Fsp3) is 0.419. The number of ether oxygens (including phenoxy) is 1. The first-order valence-corrected chi connectivity index (χ1v) is 14.5. The Morgan fingerprint density at radius 1 is 1.07 bits per heavy atom. The molecule has 3 saturated heterocycles. The Hall–Kier alpha value is -4.42. The molecule has 5 N–H and O–H groups in total. The molecule has 1 aromatic carbocycles. The number of Topliss-reactive ketones (excluding diaryl/α,β-unsaturated/α-hetero) is 1. The third-order valence-electron chi connectivity index (χ3n) is 8.95. The maximum absolute atomic E-state index is 13.4. The van der Waals surface area contributed by atoms with E-state index < -0.39 is 52.2 Å². The van der Waals surface area contributed by atoms with Gasteiger partial charge in [-0.1, -0.05) is 30.8 Å². The molecule has 2 aromatic heterocycles. The summed E-state index contributed by atoms with van der Waals surface area (Å²) in [5.74, 6) is -4.60. The molecule has 3 aliphatic rings. The van der Waals surface area contributed by atoms with Crippen molar-refractivity contribution in [2.45, 2.75) is 63.1 Å². The van der Waals surface area contributed by atoms with Gasteiger partial charge in [-0.3, -0.25) is 34.0 Å². The molecule has 3 aromatic rings. The number of pyridine rings is 1. The van der Waals surface area contributed by atoms with Crippen LogP contribution in [0.2, 0.25) is 0 Å². The number of fused-ring (bicyclic) bond motifs is 1. The number of rotatable bonds is 7. The Bertz CT molecular complexity index is 1690. The predicted octanol–water partition coefficient (Wildman–Crippen LogP) is 2.71. The van der Waals surface area contributed by atoms with Gasteiger partial charge in [0.2, 0.25) is 23.5 Å². The van der Waals surface area contributed by atoms with Crippen molar-refractivity contribution in [1.29, 1.82) is 0 Å². The number of piperidine rings is 2. The number of amides is 2. The van der Waals surface area contributed by atoms with Crippen LogP contribution in [0, 0.1) is 0 Å². The van der Waals surface area contributed by atoms with Crippen LogP contribution in [0.15, 0.2) is 41.4 Å². The van der Waals surface area contributed by atoms with Gasteiger partial charge < -0.3 is 25.0 Å². The summed E-state index contributed by atoms with van der Waals surface area (Å²) in [6.07, 6.45) is 4.34. The first-order valence-electron chi connectivity index (χ1n) is 14.5. The molecule has 1 unspecified atom stereocenters. The van der Waals surface area contributed by atoms with Crippen molar-refractivity contribution in [3.8, 4) is 11.6 Å². The van der Waals surface area contributed by atoms with Gasteiger partial charge in [-0.25, -0.2) is 0 Å². The van der Waals surface area contributed by atoms with E-state index in [4.69, 9.17) is 4.74 Å². The Morgan fingerprint density at radius 3 is 2.40 bits per heavy atom. The summed E-state index contributed by atoms with van der Waals surface area (Å²) >= 11 is 0. The highest BCUT2D eigenvalue weighted by Gasteiger charge is 2.39. The minimum atomic E-state index is -1.20. The lowest BCUT2D eigenvalue weighted by Crippen LogP contribution is -2.43. The molecule has 0 bridgehead atoms. The molecular weight excluding hydrogens is 556 g/mol. The average Bonchev–Trinajstić information content (AvgIpc) is 3.56. The van der Waals surface area contributed by atoms with Crippen molar-refractivity contribution in [2.24, 2.45) is 0 Å². The molecule has 3 aliphatic heterocycles. The number of hydrogen-bond donors (Lipinski definition) is 5. The second-order valence-corrected chi connectivity index (χ2v) is 11.7. The average molecular weight is 591 g/mol.